The van der Waals surface area contributed by atoms with Crippen molar-refractivity contribution >= 4 is 29.4 Å². The van der Waals surface area contributed by atoms with Crippen LogP contribution in [-0.2, 0) is 4.79 Å². The van der Waals surface area contributed by atoms with Crippen LogP contribution in [0.1, 0.15) is 5.56 Å². The van der Waals surface area contributed by atoms with Crippen molar-refractivity contribution in [2.24, 2.45) is 4.99 Å². The number of benzene rings is 1. The number of amidine groups is 1. The van der Waals surface area contributed by atoms with E-state index in [4.69, 9.17) is 11.6 Å². The monoisotopic (exact) mass is 256 g/mol. The molecule has 0 spiro atoms. The van der Waals surface area contributed by atoms with Crippen molar-refractivity contribution in [1.82, 2.24) is 4.90 Å². The molecule has 0 fully saturated rings. The fourth-order valence-electron chi connectivity index (χ4n) is 1.83. The summed E-state index contributed by atoms with van der Waals surface area (Å²) in [4.78, 5) is 17.9. The minimum Gasteiger partial charge on any atom is -0.266 e. The molecule has 1 amide bonds. The second-order valence-electron chi connectivity index (χ2n) is 3.90. The Morgan fingerprint density at radius 1 is 1.22 bits per heavy atom. The Bertz CT molecular complexity index is 641. The first-order valence-electron chi connectivity index (χ1n) is 5.49. The molecule has 0 bridgehead atoms. The van der Waals surface area contributed by atoms with Gasteiger partial charge in [-0.1, -0.05) is 35.9 Å². The van der Waals surface area contributed by atoms with Gasteiger partial charge in [0.15, 0.2) is 0 Å². The molecule has 1 aromatic rings. The maximum absolute atomic E-state index is 12.1. The van der Waals surface area contributed by atoms with Gasteiger partial charge < -0.3 is 0 Å². The number of aliphatic imine (C=N–C) groups is 1. The molecule has 0 aromatic heterocycles. The Hall–Kier alpha value is -2.13. The summed E-state index contributed by atoms with van der Waals surface area (Å²) in [5, 5.41) is 0.606. The van der Waals surface area contributed by atoms with Gasteiger partial charge in [0.25, 0.3) is 5.91 Å². The maximum atomic E-state index is 12.1. The molecule has 0 saturated carbocycles. The molecule has 0 saturated heterocycles. The minimum absolute atomic E-state index is 0.134. The molecule has 4 heteroatoms. The number of carbonyl (C=O) groups excluding carboxylic acids is 1. The van der Waals surface area contributed by atoms with Gasteiger partial charge in [-0.3, -0.25) is 9.69 Å². The van der Waals surface area contributed by atoms with E-state index in [0.29, 0.717) is 16.6 Å². The quantitative estimate of drug-likeness (QED) is 0.711. The van der Waals surface area contributed by atoms with Gasteiger partial charge in [0.1, 0.15) is 11.5 Å². The molecule has 2 aliphatic rings. The van der Waals surface area contributed by atoms with E-state index in [0.717, 1.165) is 5.56 Å². The third kappa shape index (κ3) is 1.79. The first-order chi connectivity index (χ1) is 8.75. The van der Waals surface area contributed by atoms with E-state index in [9.17, 15) is 4.79 Å². The largest absolute Gasteiger partial charge is 0.282 e. The molecule has 0 aliphatic carbocycles. The Labute approximate surface area is 109 Å². The van der Waals surface area contributed by atoms with Gasteiger partial charge in [-0.05, 0) is 29.9 Å². The van der Waals surface area contributed by atoms with Crippen LogP contribution >= 0.6 is 11.6 Å². The molecule has 0 atom stereocenters. The summed E-state index contributed by atoms with van der Waals surface area (Å²) in [6.45, 7) is 0. The lowest BCUT2D eigenvalue weighted by atomic mass is 10.2. The van der Waals surface area contributed by atoms with Crippen molar-refractivity contribution in [3.8, 4) is 0 Å². The van der Waals surface area contributed by atoms with Crippen molar-refractivity contribution in [3.05, 3.63) is 65.0 Å². The maximum Gasteiger partial charge on any atom is 0.282 e. The predicted octanol–water partition coefficient (Wildman–Crippen LogP) is 3.01. The van der Waals surface area contributed by atoms with E-state index in [1.807, 2.05) is 24.3 Å². The highest BCUT2D eigenvalue weighted by Gasteiger charge is 2.27. The van der Waals surface area contributed by atoms with Gasteiger partial charge in [0, 0.05) is 11.2 Å². The normalized spacial score (nSPS) is 19.4. The number of rotatable bonds is 1. The number of halogens is 1. The smallest absolute Gasteiger partial charge is 0.266 e. The molecule has 0 unspecified atom stereocenters. The highest BCUT2D eigenvalue weighted by Crippen LogP contribution is 2.24. The summed E-state index contributed by atoms with van der Waals surface area (Å²) in [5.74, 6) is 0.506. The van der Waals surface area contributed by atoms with Crippen molar-refractivity contribution in [3.63, 3.8) is 0 Å². The fraction of sp³-hybridized carbons (Fsp3) is 0. The zero-order valence-corrected chi connectivity index (χ0v) is 10.1. The third-order valence-corrected chi connectivity index (χ3v) is 3.05. The Balaban J connectivity index is 2.02. The van der Waals surface area contributed by atoms with Crippen molar-refractivity contribution in [1.29, 1.82) is 0 Å². The second kappa shape index (κ2) is 4.27. The standard InChI is InChI=1S/C14H9ClN2O/c15-11-6-2-1-5-10(11)9-12-14(18)17-8-4-3-7-13(17)16-12/h1-9H/b12-9-. The molecule has 18 heavy (non-hydrogen) atoms. The van der Waals surface area contributed by atoms with Crippen LogP contribution in [0.25, 0.3) is 6.08 Å². The van der Waals surface area contributed by atoms with Crippen LogP contribution in [0.4, 0.5) is 0 Å². The number of carbonyl (C=O) groups is 1. The van der Waals surface area contributed by atoms with E-state index in [-0.39, 0.29) is 5.91 Å². The summed E-state index contributed by atoms with van der Waals surface area (Å²) in [6.07, 6.45) is 8.86. The molecule has 3 rings (SSSR count). The van der Waals surface area contributed by atoms with Crippen LogP contribution in [0.3, 0.4) is 0 Å². The van der Waals surface area contributed by atoms with Gasteiger partial charge in [-0.2, -0.15) is 0 Å². The lowest BCUT2D eigenvalue weighted by Gasteiger charge is -2.11. The minimum atomic E-state index is -0.134. The number of allylic oxidation sites excluding steroid dienone is 2. The molecule has 2 aliphatic heterocycles. The Morgan fingerprint density at radius 2 is 2.06 bits per heavy atom. The SMILES string of the molecule is O=C1/C(=C/c2ccccc2Cl)N=C2C=CC=CN12. The van der Waals surface area contributed by atoms with E-state index in [2.05, 4.69) is 4.99 Å². The molecular weight excluding hydrogens is 248 g/mol. The van der Waals surface area contributed by atoms with Crippen LogP contribution in [0.2, 0.25) is 5.02 Å². The summed E-state index contributed by atoms with van der Waals surface area (Å²) in [5.41, 5.74) is 1.19. The van der Waals surface area contributed by atoms with Crippen molar-refractivity contribution in [2.45, 2.75) is 0 Å². The number of amides is 1. The molecule has 1 aromatic carbocycles. The number of nitrogens with zero attached hydrogens (tertiary/aromatic N) is 2. The van der Waals surface area contributed by atoms with Gasteiger partial charge in [0.2, 0.25) is 0 Å². The van der Waals surface area contributed by atoms with Crippen LogP contribution in [0, 0.1) is 0 Å². The van der Waals surface area contributed by atoms with Gasteiger partial charge in [-0.25, -0.2) is 4.99 Å². The van der Waals surface area contributed by atoms with Crippen molar-refractivity contribution in [2.75, 3.05) is 0 Å². The average Bonchev–Trinajstić information content (AvgIpc) is 2.70. The first kappa shape index (κ1) is 11.0. The second-order valence-corrected chi connectivity index (χ2v) is 4.30. The number of hydrogen-bond acceptors (Lipinski definition) is 2. The van der Waals surface area contributed by atoms with E-state index in [1.54, 1.807) is 30.5 Å². The van der Waals surface area contributed by atoms with E-state index in [1.165, 1.54) is 4.90 Å². The molecule has 2 heterocycles. The highest BCUT2D eigenvalue weighted by molar-refractivity contribution is 6.32. The Morgan fingerprint density at radius 3 is 2.83 bits per heavy atom. The van der Waals surface area contributed by atoms with E-state index >= 15 is 0 Å². The fourth-order valence-corrected chi connectivity index (χ4v) is 2.02. The summed E-state index contributed by atoms with van der Waals surface area (Å²) < 4.78 is 0. The predicted molar refractivity (Wildman–Crippen MR) is 72.0 cm³/mol. The molecule has 3 nitrogen and oxygen atoms in total. The highest BCUT2D eigenvalue weighted by atomic mass is 35.5. The average molecular weight is 257 g/mol. The van der Waals surface area contributed by atoms with Gasteiger partial charge in [0.05, 0.1) is 0 Å². The van der Waals surface area contributed by atoms with Crippen molar-refractivity contribution < 1.29 is 4.79 Å². The van der Waals surface area contributed by atoms with Crippen LogP contribution in [-0.4, -0.2) is 16.6 Å². The molecule has 88 valence electrons. The molecule has 0 N–H and O–H groups in total. The molecule has 0 radical (unpaired) electrons. The number of hydrogen-bond donors (Lipinski definition) is 0. The summed E-state index contributed by atoms with van der Waals surface area (Å²) in [6, 6.07) is 7.36. The van der Waals surface area contributed by atoms with Gasteiger partial charge >= 0.3 is 0 Å². The summed E-state index contributed by atoms with van der Waals surface area (Å²) >= 11 is 6.06. The Kier molecular flexibility index (Phi) is 2.61. The van der Waals surface area contributed by atoms with Crippen LogP contribution in [0.5, 0.6) is 0 Å². The first-order valence-corrected chi connectivity index (χ1v) is 5.87. The van der Waals surface area contributed by atoms with E-state index < -0.39 is 0 Å². The topological polar surface area (TPSA) is 32.7 Å². The molecular formula is C14H9ClN2O. The lowest BCUT2D eigenvalue weighted by Crippen LogP contribution is -2.26. The third-order valence-electron chi connectivity index (χ3n) is 2.71. The van der Waals surface area contributed by atoms with Crippen LogP contribution in [0.15, 0.2) is 59.4 Å². The zero-order valence-electron chi connectivity index (χ0n) is 9.38. The van der Waals surface area contributed by atoms with Gasteiger partial charge in [-0.15, -0.1) is 0 Å². The lowest BCUT2D eigenvalue weighted by molar-refractivity contribution is -0.120. The van der Waals surface area contributed by atoms with Crippen LogP contribution < -0.4 is 0 Å². The zero-order chi connectivity index (χ0) is 12.5. The summed E-state index contributed by atoms with van der Waals surface area (Å²) in [7, 11) is 0. The number of fused-ring (bicyclic) bond motifs is 1.